The fourth-order valence-electron chi connectivity index (χ4n) is 6.50. The topological polar surface area (TPSA) is 260 Å². The summed E-state index contributed by atoms with van der Waals surface area (Å²) in [5.74, 6) is -5.37. The Morgan fingerprint density at radius 1 is 0.367 bits per heavy atom. The highest BCUT2D eigenvalue weighted by Crippen LogP contribution is 2.12. The summed E-state index contributed by atoms with van der Waals surface area (Å²) < 4.78 is 0. The summed E-state index contributed by atoms with van der Waals surface area (Å²) in [6.45, 7) is -1.39. The van der Waals surface area contributed by atoms with Gasteiger partial charge in [0.25, 0.3) is 35.4 Å². The Morgan fingerprint density at radius 3 is 0.833 bits per heavy atom. The van der Waals surface area contributed by atoms with Crippen molar-refractivity contribution < 1.29 is 57.5 Å². The second kappa shape index (κ2) is 23.2. The quantitative estimate of drug-likeness (QED) is 0.0716. The number of amides is 12. The van der Waals surface area contributed by atoms with Gasteiger partial charge in [0, 0.05) is 75.4 Å². The standard InChI is InChI=1S/C39H51N9O12/c49-28(10-4-1-7-19-46-31(52)13-14-32(46)53)40-22-37(58)43-25-44(38(59)23-41-29(50)11-5-2-8-20-47-33(54)15-16-34(47)55)27-45(26-43)39(60)24-42-30(51)12-6-3-9-21-48-35(56)17-18-36(48)57/h13-18H,1-12,19-27H2,(H,40,49)(H,41,50)(H,42,51). The third-order valence-corrected chi connectivity index (χ3v) is 9.95. The molecule has 324 valence electrons. The minimum atomic E-state index is -0.605. The minimum Gasteiger partial charge on any atom is -0.347 e. The molecule has 0 saturated carbocycles. The zero-order valence-corrected chi connectivity index (χ0v) is 33.4. The first kappa shape index (κ1) is 46.2. The Morgan fingerprint density at radius 2 is 0.600 bits per heavy atom. The van der Waals surface area contributed by atoms with Gasteiger partial charge < -0.3 is 30.7 Å². The van der Waals surface area contributed by atoms with Crippen molar-refractivity contribution in [2.45, 2.75) is 77.0 Å². The van der Waals surface area contributed by atoms with Crippen molar-refractivity contribution in [3.05, 3.63) is 36.5 Å². The van der Waals surface area contributed by atoms with Gasteiger partial charge in [-0.3, -0.25) is 72.2 Å². The van der Waals surface area contributed by atoms with Crippen molar-refractivity contribution in [3.63, 3.8) is 0 Å². The Labute approximate surface area is 346 Å². The Bertz CT molecular complexity index is 1560. The summed E-state index contributed by atoms with van der Waals surface area (Å²) in [5.41, 5.74) is 0. The number of carbonyl (C=O) groups excluding carboxylic acids is 12. The molecule has 0 unspecified atom stereocenters. The van der Waals surface area contributed by atoms with Crippen molar-refractivity contribution in [1.29, 1.82) is 0 Å². The predicted molar refractivity (Wildman–Crippen MR) is 207 cm³/mol. The van der Waals surface area contributed by atoms with Gasteiger partial charge in [0.15, 0.2) is 0 Å². The van der Waals surface area contributed by atoms with Gasteiger partial charge in [-0.25, -0.2) is 0 Å². The van der Waals surface area contributed by atoms with Crippen LogP contribution in [0.5, 0.6) is 0 Å². The first-order valence-corrected chi connectivity index (χ1v) is 20.0. The first-order valence-electron chi connectivity index (χ1n) is 20.0. The van der Waals surface area contributed by atoms with Gasteiger partial charge in [-0.1, -0.05) is 19.3 Å². The van der Waals surface area contributed by atoms with Crippen LogP contribution < -0.4 is 16.0 Å². The van der Waals surface area contributed by atoms with Crippen LogP contribution in [0.4, 0.5) is 0 Å². The average molecular weight is 838 g/mol. The number of imide groups is 3. The van der Waals surface area contributed by atoms with E-state index in [0.717, 1.165) is 14.7 Å². The van der Waals surface area contributed by atoms with Gasteiger partial charge in [-0.05, 0) is 38.5 Å². The highest BCUT2D eigenvalue weighted by molar-refractivity contribution is 6.14. The van der Waals surface area contributed by atoms with Gasteiger partial charge >= 0.3 is 0 Å². The highest BCUT2D eigenvalue weighted by atomic mass is 16.2. The lowest BCUT2D eigenvalue weighted by Crippen LogP contribution is -2.62. The fourth-order valence-corrected chi connectivity index (χ4v) is 6.50. The van der Waals surface area contributed by atoms with Gasteiger partial charge in [0.1, 0.15) is 0 Å². The molecule has 0 aromatic rings. The van der Waals surface area contributed by atoms with E-state index in [1.807, 2.05) is 0 Å². The zero-order chi connectivity index (χ0) is 43.6. The third kappa shape index (κ3) is 14.4. The molecule has 60 heavy (non-hydrogen) atoms. The van der Waals surface area contributed by atoms with E-state index in [4.69, 9.17) is 0 Å². The van der Waals surface area contributed by atoms with E-state index in [1.54, 1.807) is 0 Å². The molecule has 4 aliphatic heterocycles. The number of nitrogens with zero attached hydrogens (tertiary/aromatic N) is 6. The largest absolute Gasteiger partial charge is 0.347 e. The van der Waals surface area contributed by atoms with E-state index in [0.29, 0.717) is 57.8 Å². The SMILES string of the molecule is O=C(CCCCCN1C(=O)C=CC1=O)NCC(=O)N1CN(C(=O)CNC(=O)CCCCCN2C(=O)C=CC2=O)CN(C(=O)CNC(=O)CCCCCN2C(=O)C=CC2=O)C1. The summed E-state index contributed by atoms with van der Waals surface area (Å²) in [7, 11) is 0. The van der Waals surface area contributed by atoms with E-state index in [2.05, 4.69) is 16.0 Å². The molecule has 21 nitrogen and oxygen atoms in total. The van der Waals surface area contributed by atoms with Crippen molar-refractivity contribution in [2.24, 2.45) is 0 Å². The molecule has 3 N–H and O–H groups in total. The maximum absolute atomic E-state index is 13.3. The Balaban J connectivity index is 1.21. The van der Waals surface area contributed by atoms with Crippen molar-refractivity contribution in [3.8, 4) is 0 Å². The molecular weight excluding hydrogens is 786 g/mol. The fraction of sp³-hybridized carbons (Fsp3) is 0.538. The number of hydrogen-bond acceptors (Lipinski definition) is 12. The van der Waals surface area contributed by atoms with Gasteiger partial charge in [-0.15, -0.1) is 0 Å². The second-order valence-corrected chi connectivity index (χ2v) is 14.5. The first-order chi connectivity index (χ1) is 28.7. The summed E-state index contributed by atoms with van der Waals surface area (Å²) in [6.07, 6.45) is 11.9. The van der Waals surface area contributed by atoms with E-state index in [1.165, 1.54) is 51.2 Å². The maximum atomic E-state index is 13.3. The molecule has 0 aliphatic carbocycles. The lowest BCUT2D eigenvalue weighted by molar-refractivity contribution is -0.159. The molecule has 0 atom stereocenters. The smallest absolute Gasteiger partial charge is 0.253 e. The monoisotopic (exact) mass is 837 g/mol. The van der Waals surface area contributed by atoms with Crippen LogP contribution in [0.15, 0.2) is 36.5 Å². The van der Waals surface area contributed by atoms with Crippen LogP contribution in [0, 0.1) is 0 Å². The number of unbranched alkanes of at least 4 members (excludes halogenated alkanes) is 6. The van der Waals surface area contributed by atoms with Gasteiger partial charge in [0.2, 0.25) is 35.4 Å². The summed E-state index contributed by atoms with van der Waals surface area (Å²) in [5, 5.41) is 7.60. The lowest BCUT2D eigenvalue weighted by atomic mass is 10.2. The molecule has 4 heterocycles. The van der Waals surface area contributed by atoms with Gasteiger partial charge in [-0.2, -0.15) is 0 Å². The highest BCUT2D eigenvalue weighted by Gasteiger charge is 2.32. The molecule has 12 amide bonds. The van der Waals surface area contributed by atoms with Crippen LogP contribution in [-0.4, -0.2) is 160 Å². The molecule has 0 aromatic heterocycles. The van der Waals surface area contributed by atoms with Crippen LogP contribution in [0.1, 0.15) is 77.0 Å². The van der Waals surface area contributed by atoms with Crippen LogP contribution in [0.3, 0.4) is 0 Å². The van der Waals surface area contributed by atoms with Crippen LogP contribution in [-0.2, 0) is 57.5 Å². The van der Waals surface area contributed by atoms with Crippen LogP contribution in [0.25, 0.3) is 0 Å². The Hall–Kier alpha value is -6.54. The van der Waals surface area contributed by atoms with Crippen LogP contribution in [0.2, 0.25) is 0 Å². The van der Waals surface area contributed by atoms with E-state index in [9.17, 15) is 57.5 Å². The normalized spacial score (nSPS) is 16.2. The van der Waals surface area contributed by atoms with Crippen molar-refractivity contribution >= 4 is 70.9 Å². The van der Waals surface area contributed by atoms with E-state index >= 15 is 0 Å². The van der Waals surface area contributed by atoms with E-state index < -0.39 is 55.1 Å². The third-order valence-electron chi connectivity index (χ3n) is 9.95. The molecule has 1 saturated heterocycles. The number of rotatable bonds is 24. The number of hydrogen-bond donors (Lipinski definition) is 3. The van der Waals surface area contributed by atoms with Crippen LogP contribution >= 0.6 is 0 Å². The molecule has 0 bridgehead atoms. The maximum Gasteiger partial charge on any atom is 0.253 e. The number of nitrogens with one attached hydrogen (secondary N) is 3. The summed E-state index contributed by atoms with van der Waals surface area (Å²) in [6, 6.07) is 0. The number of carbonyl (C=O) groups is 12. The molecular formula is C39H51N9O12. The predicted octanol–water partition coefficient (Wildman–Crippen LogP) is -1.84. The van der Waals surface area contributed by atoms with E-state index in [-0.39, 0.29) is 94.3 Å². The molecule has 4 rings (SSSR count). The Kier molecular flexibility index (Phi) is 17.8. The van der Waals surface area contributed by atoms with Crippen molar-refractivity contribution in [2.75, 3.05) is 59.3 Å². The molecule has 1 fully saturated rings. The summed E-state index contributed by atoms with van der Waals surface area (Å²) in [4.78, 5) is 154. The second-order valence-electron chi connectivity index (χ2n) is 14.5. The summed E-state index contributed by atoms with van der Waals surface area (Å²) >= 11 is 0. The zero-order valence-electron chi connectivity index (χ0n) is 33.4. The lowest BCUT2D eigenvalue weighted by Gasteiger charge is -2.42. The molecule has 0 radical (unpaired) electrons. The minimum absolute atomic E-state index is 0.0760. The van der Waals surface area contributed by atoms with Gasteiger partial charge in [0.05, 0.1) is 39.6 Å². The molecule has 0 spiro atoms. The molecule has 0 aromatic carbocycles. The average Bonchev–Trinajstić information content (AvgIpc) is 3.86. The van der Waals surface area contributed by atoms with Crippen molar-refractivity contribution in [1.82, 2.24) is 45.3 Å². The molecule has 21 heteroatoms. The molecule has 4 aliphatic rings.